The molecule has 2 aromatic carbocycles. The number of aliphatic imine (C=N–C) groups is 1. The molecule has 0 spiro atoms. The molecule has 1 aliphatic heterocycles. The standard InChI is InChI=1S/C19H14F3NO4/c1-18(16(24)26-11-12-5-3-2-4-6-12)17(25)27-15(23-18)13-7-9-14(10-8-13)19(20,21)22/h2-10H,11H2,1H3. The second-order valence-electron chi connectivity index (χ2n) is 6.02. The molecule has 0 aliphatic carbocycles. The molecule has 0 fully saturated rings. The van der Waals surface area contributed by atoms with Crippen molar-refractivity contribution in [3.05, 3.63) is 71.3 Å². The quantitative estimate of drug-likeness (QED) is 0.604. The minimum atomic E-state index is -4.48. The van der Waals surface area contributed by atoms with Crippen LogP contribution in [0.4, 0.5) is 13.2 Å². The van der Waals surface area contributed by atoms with E-state index in [0.717, 1.165) is 29.8 Å². The van der Waals surface area contributed by atoms with Crippen LogP contribution in [0.15, 0.2) is 59.6 Å². The zero-order valence-corrected chi connectivity index (χ0v) is 14.1. The molecule has 0 amide bonds. The maximum Gasteiger partial charge on any atom is 0.416 e. The molecule has 1 atom stereocenters. The van der Waals surface area contributed by atoms with Gasteiger partial charge in [0, 0.05) is 5.56 Å². The Bertz CT molecular complexity index is 891. The largest absolute Gasteiger partial charge is 0.459 e. The number of esters is 2. The molecule has 1 aliphatic rings. The molecule has 3 rings (SSSR count). The van der Waals surface area contributed by atoms with Crippen LogP contribution >= 0.6 is 0 Å². The molecular weight excluding hydrogens is 363 g/mol. The predicted octanol–water partition coefficient (Wildman–Crippen LogP) is 3.51. The molecule has 2 aromatic rings. The Kier molecular flexibility index (Phi) is 4.73. The highest BCUT2D eigenvalue weighted by molar-refractivity contribution is 6.16. The first-order valence-electron chi connectivity index (χ1n) is 7.91. The summed E-state index contributed by atoms with van der Waals surface area (Å²) in [5, 5.41) is 0. The molecule has 1 heterocycles. The van der Waals surface area contributed by atoms with E-state index in [-0.39, 0.29) is 18.1 Å². The lowest BCUT2D eigenvalue weighted by atomic mass is 10.1. The second kappa shape index (κ2) is 6.86. The average molecular weight is 377 g/mol. The number of hydrogen-bond donors (Lipinski definition) is 0. The fourth-order valence-corrected chi connectivity index (χ4v) is 2.38. The molecule has 0 N–H and O–H groups in total. The Morgan fingerprint density at radius 1 is 1.11 bits per heavy atom. The van der Waals surface area contributed by atoms with Crippen LogP contribution in [0.2, 0.25) is 0 Å². The zero-order chi connectivity index (χ0) is 19.7. The van der Waals surface area contributed by atoms with Gasteiger partial charge in [-0.25, -0.2) is 14.6 Å². The first-order valence-corrected chi connectivity index (χ1v) is 7.91. The number of ether oxygens (including phenoxy) is 2. The number of rotatable bonds is 4. The summed E-state index contributed by atoms with van der Waals surface area (Å²) >= 11 is 0. The number of cyclic esters (lactones) is 1. The molecule has 0 bridgehead atoms. The first kappa shape index (κ1) is 18.6. The van der Waals surface area contributed by atoms with Crippen LogP contribution in [-0.2, 0) is 31.8 Å². The number of benzene rings is 2. The zero-order valence-electron chi connectivity index (χ0n) is 14.1. The monoisotopic (exact) mass is 377 g/mol. The van der Waals surface area contributed by atoms with Crippen molar-refractivity contribution in [2.45, 2.75) is 25.2 Å². The third kappa shape index (κ3) is 3.84. The minimum Gasteiger partial charge on any atom is -0.459 e. The van der Waals surface area contributed by atoms with E-state index < -0.39 is 29.2 Å². The predicted molar refractivity (Wildman–Crippen MR) is 88.7 cm³/mol. The molecule has 1 unspecified atom stereocenters. The van der Waals surface area contributed by atoms with Crippen LogP contribution in [-0.4, -0.2) is 23.4 Å². The van der Waals surface area contributed by atoms with Gasteiger partial charge < -0.3 is 9.47 Å². The number of alkyl halides is 3. The van der Waals surface area contributed by atoms with Crippen molar-refractivity contribution in [1.82, 2.24) is 0 Å². The Labute approximate surface area is 152 Å². The Hall–Kier alpha value is -3.16. The van der Waals surface area contributed by atoms with E-state index >= 15 is 0 Å². The molecule has 140 valence electrons. The molecule has 27 heavy (non-hydrogen) atoms. The lowest BCUT2D eigenvalue weighted by molar-refractivity contribution is -0.158. The van der Waals surface area contributed by atoms with Crippen LogP contribution in [0.25, 0.3) is 0 Å². The number of carbonyl (C=O) groups excluding carboxylic acids is 2. The normalized spacial score (nSPS) is 19.4. The molecule has 0 radical (unpaired) electrons. The molecule has 0 saturated carbocycles. The highest BCUT2D eigenvalue weighted by Gasteiger charge is 2.50. The van der Waals surface area contributed by atoms with Crippen LogP contribution in [0.3, 0.4) is 0 Å². The van der Waals surface area contributed by atoms with Gasteiger partial charge in [-0.05, 0) is 36.8 Å². The lowest BCUT2D eigenvalue weighted by Gasteiger charge is -2.14. The number of hydrogen-bond acceptors (Lipinski definition) is 5. The Morgan fingerprint density at radius 2 is 1.74 bits per heavy atom. The van der Waals surface area contributed by atoms with E-state index in [2.05, 4.69) is 4.99 Å². The summed E-state index contributed by atoms with van der Waals surface area (Å²) in [4.78, 5) is 28.4. The first-order chi connectivity index (χ1) is 12.7. The van der Waals surface area contributed by atoms with Gasteiger partial charge in [0.05, 0.1) is 5.56 Å². The highest BCUT2D eigenvalue weighted by atomic mass is 19.4. The van der Waals surface area contributed by atoms with Gasteiger partial charge in [-0.15, -0.1) is 0 Å². The summed E-state index contributed by atoms with van der Waals surface area (Å²) in [7, 11) is 0. The van der Waals surface area contributed by atoms with Crippen molar-refractivity contribution < 1.29 is 32.2 Å². The van der Waals surface area contributed by atoms with Gasteiger partial charge in [-0.1, -0.05) is 30.3 Å². The van der Waals surface area contributed by atoms with E-state index in [1.54, 1.807) is 24.3 Å². The van der Waals surface area contributed by atoms with E-state index in [4.69, 9.17) is 9.47 Å². The molecular formula is C19H14F3NO4. The smallest absolute Gasteiger partial charge is 0.416 e. The summed E-state index contributed by atoms with van der Waals surface area (Å²) in [5.74, 6) is -2.08. The molecule has 8 heteroatoms. The van der Waals surface area contributed by atoms with Crippen molar-refractivity contribution in [3.8, 4) is 0 Å². The van der Waals surface area contributed by atoms with Gasteiger partial charge in [0.15, 0.2) is 0 Å². The lowest BCUT2D eigenvalue weighted by Crippen LogP contribution is -2.40. The fourth-order valence-electron chi connectivity index (χ4n) is 2.38. The van der Waals surface area contributed by atoms with Crippen LogP contribution < -0.4 is 0 Å². The van der Waals surface area contributed by atoms with Gasteiger partial charge in [-0.2, -0.15) is 13.2 Å². The van der Waals surface area contributed by atoms with Crippen molar-refractivity contribution >= 4 is 17.8 Å². The summed E-state index contributed by atoms with van der Waals surface area (Å²) in [6.07, 6.45) is -4.48. The van der Waals surface area contributed by atoms with E-state index in [1.165, 1.54) is 6.92 Å². The van der Waals surface area contributed by atoms with E-state index in [1.807, 2.05) is 6.07 Å². The van der Waals surface area contributed by atoms with E-state index in [0.29, 0.717) is 0 Å². The maximum atomic E-state index is 12.6. The SMILES string of the molecule is CC1(C(=O)OCc2ccccc2)N=C(c2ccc(C(F)(F)F)cc2)OC1=O. The molecule has 0 saturated heterocycles. The Morgan fingerprint density at radius 3 is 2.33 bits per heavy atom. The maximum absolute atomic E-state index is 12.6. The van der Waals surface area contributed by atoms with Crippen molar-refractivity contribution in [2.75, 3.05) is 0 Å². The van der Waals surface area contributed by atoms with Crippen molar-refractivity contribution in [3.63, 3.8) is 0 Å². The minimum absolute atomic E-state index is 0.0479. The number of halogens is 3. The van der Waals surface area contributed by atoms with Gasteiger partial charge in [0.1, 0.15) is 6.61 Å². The van der Waals surface area contributed by atoms with Crippen molar-refractivity contribution in [1.29, 1.82) is 0 Å². The van der Waals surface area contributed by atoms with E-state index in [9.17, 15) is 22.8 Å². The van der Waals surface area contributed by atoms with Crippen LogP contribution in [0.5, 0.6) is 0 Å². The summed E-state index contributed by atoms with van der Waals surface area (Å²) < 4.78 is 48.0. The van der Waals surface area contributed by atoms with Crippen LogP contribution in [0.1, 0.15) is 23.6 Å². The third-order valence-corrected chi connectivity index (χ3v) is 3.98. The highest BCUT2D eigenvalue weighted by Crippen LogP contribution is 2.30. The summed E-state index contributed by atoms with van der Waals surface area (Å²) in [5.41, 5.74) is -1.88. The van der Waals surface area contributed by atoms with Gasteiger partial charge in [0.2, 0.25) is 5.90 Å². The van der Waals surface area contributed by atoms with Crippen molar-refractivity contribution in [2.24, 2.45) is 4.99 Å². The Balaban J connectivity index is 1.76. The number of carbonyl (C=O) groups is 2. The topological polar surface area (TPSA) is 65.0 Å². The van der Waals surface area contributed by atoms with Gasteiger partial charge >= 0.3 is 18.1 Å². The van der Waals surface area contributed by atoms with Gasteiger partial charge in [0.25, 0.3) is 5.54 Å². The summed E-state index contributed by atoms with van der Waals surface area (Å²) in [6.45, 7) is 1.19. The number of nitrogens with zero attached hydrogens (tertiary/aromatic N) is 1. The fraction of sp³-hybridized carbons (Fsp3) is 0.211. The molecule has 5 nitrogen and oxygen atoms in total. The average Bonchev–Trinajstić information content (AvgIpc) is 2.96. The van der Waals surface area contributed by atoms with Crippen LogP contribution in [0, 0.1) is 0 Å². The third-order valence-electron chi connectivity index (χ3n) is 3.98. The molecule has 0 aromatic heterocycles. The second-order valence-corrected chi connectivity index (χ2v) is 6.02. The summed E-state index contributed by atoms with van der Waals surface area (Å²) in [6, 6.07) is 12.8. The van der Waals surface area contributed by atoms with Gasteiger partial charge in [-0.3, -0.25) is 0 Å².